The molecule has 28 heavy (non-hydrogen) atoms. The van der Waals surface area contributed by atoms with Crippen molar-refractivity contribution < 1.29 is 18.0 Å². The summed E-state index contributed by atoms with van der Waals surface area (Å²) < 4.78 is 23.2. The van der Waals surface area contributed by atoms with Gasteiger partial charge in [0.2, 0.25) is 5.78 Å². The molecule has 0 radical (unpaired) electrons. The van der Waals surface area contributed by atoms with Gasteiger partial charge in [-0.25, -0.2) is 8.42 Å². The highest BCUT2D eigenvalue weighted by molar-refractivity contribution is 7.90. The fourth-order valence-electron chi connectivity index (χ4n) is 3.00. The number of rotatable bonds is 4. The number of sulfone groups is 1. The molecule has 1 aliphatic heterocycles. The zero-order chi connectivity index (χ0) is 19.9. The number of anilines is 1. The normalized spacial score (nSPS) is 14.8. The molecule has 0 fully saturated rings. The van der Waals surface area contributed by atoms with Gasteiger partial charge in [-0.2, -0.15) is 0 Å². The lowest BCUT2D eigenvalue weighted by Gasteiger charge is -2.04. The largest absolute Gasteiger partial charge is 0.321 e. The molecule has 7 heteroatoms. The van der Waals surface area contributed by atoms with Gasteiger partial charge in [-0.15, -0.1) is 11.3 Å². The molecule has 1 aromatic heterocycles. The molecule has 2 heterocycles. The predicted molar refractivity (Wildman–Crippen MR) is 110 cm³/mol. The number of carbonyl (C=O) groups excluding carboxylic acids is 2. The molecule has 4 rings (SSSR count). The smallest absolute Gasteiger partial charge is 0.256 e. The van der Waals surface area contributed by atoms with Gasteiger partial charge in [0.15, 0.2) is 9.84 Å². The highest BCUT2D eigenvalue weighted by atomic mass is 32.2. The maximum atomic E-state index is 12.6. The van der Waals surface area contributed by atoms with Crippen molar-refractivity contribution in [3.63, 3.8) is 0 Å². The Bertz CT molecular complexity index is 1220. The van der Waals surface area contributed by atoms with E-state index in [9.17, 15) is 18.0 Å². The number of ketones is 1. The Morgan fingerprint density at radius 2 is 1.82 bits per heavy atom. The summed E-state index contributed by atoms with van der Waals surface area (Å²) in [5, 5.41) is 4.64. The van der Waals surface area contributed by atoms with Crippen molar-refractivity contribution in [3.05, 3.63) is 81.5 Å². The molecule has 0 saturated heterocycles. The number of amides is 1. The van der Waals surface area contributed by atoms with Gasteiger partial charge in [0.05, 0.1) is 9.77 Å². The standard InChI is InChI=1S/C21H15NO4S2/c1-28(25,26)15-7-4-13(5-8-15)11-17-16-12-14(6-9-18(16)22-21(17)24)20(23)19-3-2-10-27-19/h2-12H,1H3,(H,22,24)/b17-11+. The SMILES string of the molecule is CS(=O)(=O)c1ccc(/C=C2/C(=O)Nc3ccc(C(=O)c4cccs4)cc32)cc1. The number of hydrogen-bond acceptors (Lipinski definition) is 5. The van der Waals surface area contributed by atoms with Crippen LogP contribution < -0.4 is 5.32 Å². The Balaban J connectivity index is 1.72. The molecular weight excluding hydrogens is 394 g/mol. The molecule has 140 valence electrons. The molecule has 0 aliphatic carbocycles. The van der Waals surface area contributed by atoms with Crippen LogP contribution in [0.4, 0.5) is 5.69 Å². The summed E-state index contributed by atoms with van der Waals surface area (Å²) >= 11 is 1.37. The Morgan fingerprint density at radius 3 is 2.46 bits per heavy atom. The Hall–Kier alpha value is -3.03. The first-order valence-electron chi connectivity index (χ1n) is 8.39. The lowest BCUT2D eigenvalue weighted by molar-refractivity contribution is -0.110. The van der Waals surface area contributed by atoms with Crippen LogP contribution in [0, 0.1) is 0 Å². The zero-order valence-electron chi connectivity index (χ0n) is 14.8. The summed E-state index contributed by atoms with van der Waals surface area (Å²) in [5.41, 5.74) is 2.94. The summed E-state index contributed by atoms with van der Waals surface area (Å²) in [4.78, 5) is 25.9. The van der Waals surface area contributed by atoms with Crippen molar-refractivity contribution in [2.75, 3.05) is 11.6 Å². The van der Waals surface area contributed by atoms with Gasteiger partial charge < -0.3 is 5.32 Å². The molecule has 0 saturated carbocycles. The van der Waals surface area contributed by atoms with Crippen molar-refractivity contribution in [1.82, 2.24) is 0 Å². The maximum absolute atomic E-state index is 12.6. The van der Waals surface area contributed by atoms with Gasteiger partial charge in [0.1, 0.15) is 0 Å². The Labute approximate surface area is 166 Å². The first-order chi connectivity index (χ1) is 13.3. The first-order valence-corrected chi connectivity index (χ1v) is 11.2. The minimum atomic E-state index is -3.28. The van der Waals surface area contributed by atoms with Gasteiger partial charge in [-0.3, -0.25) is 9.59 Å². The second kappa shape index (κ2) is 6.85. The van der Waals surface area contributed by atoms with Crippen LogP contribution >= 0.6 is 11.3 Å². The van der Waals surface area contributed by atoms with E-state index in [0.29, 0.717) is 32.8 Å². The molecule has 0 atom stereocenters. The van der Waals surface area contributed by atoms with E-state index in [1.165, 1.54) is 23.5 Å². The number of fused-ring (bicyclic) bond motifs is 1. The van der Waals surface area contributed by atoms with Gasteiger partial charge in [-0.1, -0.05) is 18.2 Å². The lowest BCUT2D eigenvalue weighted by Crippen LogP contribution is -2.03. The molecule has 2 aromatic carbocycles. The third-order valence-corrected chi connectivity index (χ3v) is 6.43. The van der Waals surface area contributed by atoms with Crippen LogP contribution in [0.15, 0.2) is 64.9 Å². The molecule has 1 aliphatic rings. The van der Waals surface area contributed by atoms with Crippen LogP contribution in [0.1, 0.15) is 26.4 Å². The molecule has 0 unspecified atom stereocenters. The van der Waals surface area contributed by atoms with E-state index in [-0.39, 0.29) is 16.6 Å². The van der Waals surface area contributed by atoms with Gasteiger partial charge in [0.25, 0.3) is 5.91 Å². The lowest BCUT2D eigenvalue weighted by atomic mass is 9.99. The van der Waals surface area contributed by atoms with Crippen molar-refractivity contribution in [2.24, 2.45) is 0 Å². The molecule has 1 N–H and O–H groups in total. The second-order valence-corrected chi connectivity index (χ2v) is 9.38. The van der Waals surface area contributed by atoms with Gasteiger partial charge >= 0.3 is 0 Å². The molecular formula is C21H15NO4S2. The van der Waals surface area contributed by atoms with Crippen LogP contribution in [0.3, 0.4) is 0 Å². The number of nitrogens with one attached hydrogen (secondary N) is 1. The third-order valence-electron chi connectivity index (χ3n) is 4.43. The number of carbonyl (C=O) groups is 2. The Morgan fingerprint density at radius 1 is 1.07 bits per heavy atom. The van der Waals surface area contributed by atoms with Gasteiger partial charge in [-0.05, 0) is 53.4 Å². The van der Waals surface area contributed by atoms with E-state index in [1.54, 1.807) is 42.5 Å². The quantitative estimate of drug-likeness (QED) is 0.524. The average molecular weight is 409 g/mol. The first kappa shape index (κ1) is 18.3. The van der Waals surface area contributed by atoms with Crippen LogP contribution in [0.2, 0.25) is 0 Å². The fraction of sp³-hybridized carbons (Fsp3) is 0.0476. The number of thiophene rings is 1. The summed E-state index contributed by atoms with van der Waals surface area (Å²) in [6.45, 7) is 0. The van der Waals surface area contributed by atoms with Crippen LogP contribution in [-0.2, 0) is 14.6 Å². The molecule has 1 amide bonds. The summed E-state index contributed by atoms with van der Waals surface area (Å²) in [5.74, 6) is -0.350. The van der Waals surface area contributed by atoms with E-state index in [2.05, 4.69) is 5.32 Å². The van der Waals surface area contributed by atoms with E-state index in [1.807, 2.05) is 11.4 Å². The fourth-order valence-corrected chi connectivity index (χ4v) is 4.32. The monoisotopic (exact) mass is 409 g/mol. The van der Waals surface area contributed by atoms with E-state index >= 15 is 0 Å². The van der Waals surface area contributed by atoms with E-state index in [4.69, 9.17) is 0 Å². The van der Waals surface area contributed by atoms with Crippen molar-refractivity contribution in [2.45, 2.75) is 4.90 Å². The predicted octanol–water partition coefficient (Wildman–Crippen LogP) is 3.88. The number of hydrogen-bond donors (Lipinski definition) is 1. The molecule has 0 bridgehead atoms. The third kappa shape index (κ3) is 3.42. The minimum Gasteiger partial charge on any atom is -0.321 e. The average Bonchev–Trinajstić information content (AvgIpc) is 3.29. The summed E-state index contributed by atoms with van der Waals surface area (Å²) in [6.07, 6.45) is 2.83. The minimum absolute atomic E-state index is 0.0889. The topological polar surface area (TPSA) is 80.3 Å². The van der Waals surface area contributed by atoms with E-state index in [0.717, 1.165) is 6.26 Å². The highest BCUT2D eigenvalue weighted by Crippen LogP contribution is 2.34. The highest BCUT2D eigenvalue weighted by Gasteiger charge is 2.25. The van der Waals surface area contributed by atoms with Gasteiger partial charge in [0, 0.05) is 28.6 Å². The summed E-state index contributed by atoms with van der Waals surface area (Å²) in [7, 11) is -3.28. The molecule has 5 nitrogen and oxygen atoms in total. The zero-order valence-corrected chi connectivity index (χ0v) is 16.4. The van der Waals surface area contributed by atoms with E-state index < -0.39 is 9.84 Å². The van der Waals surface area contributed by atoms with Crippen molar-refractivity contribution in [1.29, 1.82) is 0 Å². The van der Waals surface area contributed by atoms with Crippen LogP contribution in [0.25, 0.3) is 11.6 Å². The second-order valence-electron chi connectivity index (χ2n) is 6.42. The Kier molecular flexibility index (Phi) is 4.49. The van der Waals surface area contributed by atoms with Crippen molar-refractivity contribution >= 4 is 50.2 Å². The molecule has 3 aromatic rings. The number of benzene rings is 2. The van der Waals surface area contributed by atoms with Crippen molar-refractivity contribution in [3.8, 4) is 0 Å². The molecule has 0 spiro atoms. The summed E-state index contributed by atoms with van der Waals surface area (Å²) in [6, 6.07) is 15.0. The van der Waals surface area contributed by atoms with Crippen LogP contribution in [0.5, 0.6) is 0 Å². The maximum Gasteiger partial charge on any atom is 0.256 e. The van der Waals surface area contributed by atoms with Crippen LogP contribution in [-0.4, -0.2) is 26.4 Å².